The number of benzene rings is 7. The van der Waals surface area contributed by atoms with Gasteiger partial charge >= 0.3 is 0 Å². The van der Waals surface area contributed by atoms with E-state index in [-0.39, 0.29) is 17.7 Å². The Kier molecular flexibility index (Phi) is 7.73. The number of fused-ring (bicyclic) bond motifs is 8. The van der Waals surface area contributed by atoms with Gasteiger partial charge in [0.25, 0.3) is 0 Å². The third-order valence-corrected chi connectivity index (χ3v) is 12.1. The lowest BCUT2D eigenvalue weighted by Crippen LogP contribution is -2.44. The normalized spacial score (nSPS) is 17.6. The molecule has 5 nitrogen and oxygen atoms in total. The highest BCUT2D eigenvalue weighted by atomic mass is 15.3. The Bertz CT molecular complexity index is 2950. The SMILES string of the molecule is CC1(C)c2cccc(-c3cc(-c4cc5cccnc5c5c4C=CCN5)cc(C4N=C(c5ccccc5)NC(c5ccccc5)N4)c3)c2-c2ccc3ccccc3c21. The maximum Gasteiger partial charge on any atom is 0.131 e. The number of nitrogens with one attached hydrogen (secondary N) is 3. The molecule has 57 heavy (non-hydrogen) atoms. The molecule has 0 spiro atoms. The lowest BCUT2D eigenvalue weighted by atomic mass is 9.80. The summed E-state index contributed by atoms with van der Waals surface area (Å²) in [5.41, 5.74) is 16.4. The Balaban J connectivity index is 1.17. The molecular formula is C52H41N5. The summed E-state index contributed by atoms with van der Waals surface area (Å²) < 4.78 is 0. The van der Waals surface area contributed by atoms with Gasteiger partial charge in [0.1, 0.15) is 18.2 Å². The highest BCUT2D eigenvalue weighted by Gasteiger charge is 2.38. The van der Waals surface area contributed by atoms with E-state index in [9.17, 15) is 0 Å². The first-order valence-electron chi connectivity index (χ1n) is 19.9. The largest absolute Gasteiger partial charge is 0.379 e. The molecule has 0 bridgehead atoms. The Hall–Kier alpha value is -6.82. The first-order chi connectivity index (χ1) is 28.0. The van der Waals surface area contributed by atoms with Crippen molar-refractivity contribution in [1.82, 2.24) is 15.6 Å². The molecule has 3 heterocycles. The topological polar surface area (TPSA) is 61.3 Å². The van der Waals surface area contributed by atoms with E-state index >= 15 is 0 Å². The summed E-state index contributed by atoms with van der Waals surface area (Å²) in [6, 6.07) is 55.0. The number of rotatable bonds is 5. The van der Waals surface area contributed by atoms with Crippen molar-refractivity contribution in [2.24, 2.45) is 4.99 Å². The number of aliphatic imine (C=N–C) groups is 1. The van der Waals surface area contributed by atoms with Gasteiger partial charge in [-0.3, -0.25) is 10.3 Å². The first kappa shape index (κ1) is 33.5. The molecule has 3 aliphatic rings. The number of nitrogens with zero attached hydrogens (tertiary/aromatic N) is 2. The summed E-state index contributed by atoms with van der Waals surface area (Å²) in [5, 5.41) is 15.0. The zero-order chi connectivity index (χ0) is 38.1. The van der Waals surface area contributed by atoms with E-state index in [0.717, 1.165) is 67.9 Å². The fourth-order valence-corrected chi connectivity index (χ4v) is 9.47. The van der Waals surface area contributed by atoms with Crippen LogP contribution in [0.1, 0.15) is 59.6 Å². The fraction of sp³-hybridized carbons (Fsp3) is 0.115. The van der Waals surface area contributed by atoms with Crippen molar-refractivity contribution in [3.8, 4) is 33.4 Å². The van der Waals surface area contributed by atoms with E-state index < -0.39 is 0 Å². The highest BCUT2D eigenvalue weighted by molar-refractivity contribution is 6.04. The number of hydrogen-bond donors (Lipinski definition) is 3. The molecule has 5 heteroatoms. The molecule has 1 aliphatic carbocycles. The van der Waals surface area contributed by atoms with E-state index in [2.05, 4.69) is 188 Å². The molecule has 274 valence electrons. The average Bonchev–Trinajstić information content (AvgIpc) is 3.52. The minimum Gasteiger partial charge on any atom is -0.379 e. The molecule has 11 rings (SSSR count). The predicted octanol–water partition coefficient (Wildman–Crippen LogP) is 11.8. The zero-order valence-electron chi connectivity index (χ0n) is 31.9. The van der Waals surface area contributed by atoms with Gasteiger partial charge in [-0.15, -0.1) is 0 Å². The second kappa shape index (κ2) is 13.1. The molecule has 1 aromatic heterocycles. The van der Waals surface area contributed by atoms with Gasteiger partial charge < -0.3 is 10.6 Å². The molecule has 0 saturated heterocycles. The fourth-order valence-electron chi connectivity index (χ4n) is 9.47. The molecular weight excluding hydrogens is 695 g/mol. The van der Waals surface area contributed by atoms with Crippen molar-refractivity contribution in [3.05, 3.63) is 197 Å². The summed E-state index contributed by atoms with van der Waals surface area (Å²) in [6.07, 6.45) is 5.86. The standard InChI is InChI=1S/C52H41N5/c1-52(2)44-23-11-21-39(45(44)42-25-24-32-14-9-10-20-40(32)46(42)52)36-28-37(43-31-35-19-12-26-53-47(35)48-41(43)22-13-27-54-48)30-38(29-36)51-56-49(33-15-5-3-6-16-33)55-50(57-51)34-17-7-4-8-18-34/h3-26,28-31,49,51,54,56H,27H2,1-2H3,(H,55,57). The smallest absolute Gasteiger partial charge is 0.131 e. The number of pyridine rings is 1. The van der Waals surface area contributed by atoms with Gasteiger partial charge in [-0.1, -0.05) is 147 Å². The van der Waals surface area contributed by atoms with Crippen LogP contribution in [0.5, 0.6) is 0 Å². The molecule has 7 aromatic carbocycles. The summed E-state index contributed by atoms with van der Waals surface area (Å²) in [4.78, 5) is 10.3. The van der Waals surface area contributed by atoms with Crippen LogP contribution in [0.15, 0.2) is 169 Å². The van der Waals surface area contributed by atoms with Crippen LogP contribution in [0.2, 0.25) is 0 Å². The molecule has 2 unspecified atom stereocenters. The molecule has 8 aromatic rings. The van der Waals surface area contributed by atoms with Crippen LogP contribution in [0.25, 0.3) is 61.1 Å². The lowest BCUT2D eigenvalue weighted by molar-refractivity contribution is 0.409. The van der Waals surface area contributed by atoms with Crippen LogP contribution in [-0.2, 0) is 5.41 Å². The first-order valence-corrected chi connectivity index (χ1v) is 19.9. The van der Waals surface area contributed by atoms with Crippen LogP contribution in [0, 0.1) is 0 Å². The second-order valence-electron chi connectivity index (χ2n) is 15.9. The summed E-state index contributed by atoms with van der Waals surface area (Å²) >= 11 is 0. The number of aromatic nitrogens is 1. The van der Waals surface area contributed by atoms with Gasteiger partial charge in [-0.25, -0.2) is 4.99 Å². The van der Waals surface area contributed by atoms with Crippen molar-refractivity contribution in [1.29, 1.82) is 0 Å². The van der Waals surface area contributed by atoms with Crippen molar-refractivity contribution in [2.45, 2.75) is 31.6 Å². The van der Waals surface area contributed by atoms with Crippen molar-refractivity contribution >= 4 is 39.3 Å². The number of amidine groups is 1. The van der Waals surface area contributed by atoms with Crippen LogP contribution < -0.4 is 16.0 Å². The quantitative estimate of drug-likeness (QED) is 0.165. The monoisotopic (exact) mass is 735 g/mol. The highest BCUT2D eigenvalue weighted by Crippen LogP contribution is 2.54. The summed E-state index contributed by atoms with van der Waals surface area (Å²) in [5.74, 6) is 0.865. The van der Waals surface area contributed by atoms with E-state index in [4.69, 9.17) is 9.98 Å². The van der Waals surface area contributed by atoms with Crippen molar-refractivity contribution in [3.63, 3.8) is 0 Å². The molecule has 0 amide bonds. The van der Waals surface area contributed by atoms with Gasteiger partial charge in [0.2, 0.25) is 0 Å². The molecule has 0 radical (unpaired) electrons. The summed E-state index contributed by atoms with van der Waals surface area (Å²) in [7, 11) is 0. The zero-order valence-corrected chi connectivity index (χ0v) is 31.9. The third kappa shape index (κ3) is 5.49. The van der Waals surface area contributed by atoms with E-state index in [1.54, 1.807) is 0 Å². The van der Waals surface area contributed by atoms with Gasteiger partial charge in [0.15, 0.2) is 0 Å². The molecule has 2 atom stereocenters. The van der Waals surface area contributed by atoms with Crippen LogP contribution in [-0.4, -0.2) is 17.4 Å². The Morgan fingerprint density at radius 1 is 0.632 bits per heavy atom. The molecule has 0 fully saturated rings. The molecule has 0 saturated carbocycles. The van der Waals surface area contributed by atoms with Crippen LogP contribution >= 0.6 is 0 Å². The van der Waals surface area contributed by atoms with Gasteiger partial charge in [-0.2, -0.15) is 0 Å². The lowest BCUT2D eigenvalue weighted by Gasteiger charge is -2.32. The van der Waals surface area contributed by atoms with Crippen molar-refractivity contribution in [2.75, 3.05) is 11.9 Å². The van der Waals surface area contributed by atoms with E-state index in [1.165, 1.54) is 38.6 Å². The summed E-state index contributed by atoms with van der Waals surface area (Å²) in [6.45, 7) is 5.53. The molecule has 2 aliphatic heterocycles. The average molecular weight is 736 g/mol. The van der Waals surface area contributed by atoms with E-state index in [1.807, 2.05) is 12.3 Å². The second-order valence-corrected chi connectivity index (χ2v) is 15.9. The van der Waals surface area contributed by atoms with E-state index in [0.29, 0.717) is 0 Å². The molecule has 3 N–H and O–H groups in total. The maximum absolute atomic E-state index is 5.43. The Labute approximate surface area is 332 Å². The Morgan fingerprint density at radius 2 is 1.40 bits per heavy atom. The van der Waals surface area contributed by atoms with Crippen LogP contribution in [0.4, 0.5) is 5.69 Å². The van der Waals surface area contributed by atoms with Crippen molar-refractivity contribution < 1.29 is 0 Å². The minimum atomic E-state index is -0.332. The minimum absolute atomic E-state index is 0.149. The van der Waals surface area contributed by atoms with Gasteiger partial charge in [0, 0.05) is 34.7 Å². The maximum atomic E-state index is 5.43. The number of anilines is 1. The number of hydrogen-bond acceptors (Lipinski definition) is 5. The predicted molar refractivity (Wildman–Crippen MR) is 236 cm³/mol. The van der Waals surface area contributed by atoms with Gasteiger partial charge in [-0.05, 0) is 96.7 Å². The van der Waals surface area contributed by atoms with Crippen LogP contribution in [0.3, 0.4) is 0 Å². The van der Waals surface area contributed by atoms with Gasteiger partial charge in [0.05, 0.1) is 11.2 Å². The Morgan fingerprint density at radius 3 is 2.26 bits per heavy atom. The third-order valence-electron chi connectivity index (χ3n) is 12.1.